The summed E-state index contributed by atoms with van der Waals surface area (Å²) in [6, 6.07) is 10.2. The maximum Gasteiger partial charge on any atom is 0.227 e. The molecule has 2 unspecified atom stereocenters. The Balaban J connectivity index is 2.01. The normalized spacial score (nSPS) is 23.6. The van der Waals surface area contributed by atoms with E-state index < -0.39 is 0 Å². The number of amides is 1. The van der Waals surface area contributed by atoms with Crippen LogP contribution in [0.2, 0.25) is 0 Å². The molecular formula is C16H24N2O. The Morgan fingerprint density at radius 2 is 2.05 bits per heavy atom. The van der Waals surface area contributed by atoms with Crippen molar-refractivity contribution in [2.75, 3.05) is 13.1 Å². The minimum absolute atomic E-state index is 0.0908. The third-order valence-corrected chi connectivity index (χ3v) is 4.14. The maximum atomic E-state index is 12.4. The number of nitrogens with one attached hydrogen (secondary N) is 2. The number of piperidine rings is 1. The van der Waals surface area contributed by atoms with Gasteiger partial charge in [0.05, 0.1) is 5.92 Å². The van der Waals surface area contributed by atoms with E-state index in [1.807, 2.05) is 37.3 Å². The molecule has 1 aromatic carbocycles. The highest BCUT2D eigenvalue weighted by Crippen LogP contribution is 2.26. The summed E-state index contributed by atoms with van der Waals surface area (Å²) in [4.78, 5) is 12.4. The van der Waals surface area contributed by atoms with Gasteiger partial charge in [0.15, 0.2) is 0 Å². The molecule has 0 aliphatic carbocycles. The highest BCUT2D eigenvalue weighted by atomic mass is 16.1. The molecule has 0 aromatic heterocycles. The van der Waals surface area contributed by atoms with Crippen LogP contribution < -0.4 is 10.6 Å². The molecule has 1 aliphatic rings. The quantitative estimate of drug-likeness (QED) is 0.875. The Hall–Kier alpha value is -1.35. The second-order valence-corrected chi connectivity index (χ2v) is 6.15. The van der Waals surface area contributed by atoms with Gasteiger partial charge in [0.1, 0.15) is 0 Å². The van der Waals surface area contributed by atoms with E-state index in [-0.39, 0.29) is 23.3 Å². The van der Waals surface area contributed by atoms with E-state index in [2.05, 4.69) is 24.5 Å². The van der Waals surface area contributed by atoms with Gasteiger partial charge in [-0.05, 0) is 30.9 Å². The van der Waals surface area contributed by atoms with Crippen LogP contribution in [0.25, 0.3) is 0 Å². The summed E-state index contributed by atoms with van der Waals surface area (Å²) in [6.45, 7) is 8.32. The predicted octanol–water partition coefficient (Wildman–Crippen LogP) is 2.29. The molecule has 0 saturated carbocycles. The van der Waals surface area contributed by atoms with Gasteiger partial charge in [-0.1, -0.05) is 44.2 Å². The van der Waals surface area contributed by atoms with Crippen LogP contribution in [0.4, 0.5) is 0 Å². The number of carbonyl (C=O) groups excluding carboxylic acids is 1. The fraction of sp³-hybridized carbons (Fsp3) is 0.562. The van der Waals surface area contributed by atoms with Gasteiger partial charge < -0.3 is 10.6 Å². The number of rotatable bonds is 3. The van der Waals surface area contributed by atoms with Gasteiger partial charge in [-0.2, -0.15) is 0 Å². The lowest BCUT2D eigenvalue weighted by Crippen LogP contribution is -2.55. The van der Waals surface area contributed by atoms with E-state index in [9.17, 15) is 4.79 Å². The Kier molecular flexibility index (Phi) is 4.25. The summed E-state index contributed by atoms with van der Waals surface area (Å²) in [5, 5.41) is 6.62. The van der Waals surface area contributed by atoms with Crippen molar-refractivity contribution < 1.29 is 4.79 Å². The topological polar surface area (TPSA) is 41.1 Å². The number of carbonyl (C=O) groups is 1. The van der Waals surface area contributed by atoms with Gasteiger partial charge in [-0.25, -0.2) is 0 Å². The molecule has 104 valence electrons. The summed E-state index contributed by atoms with van der Waals surface area (Å²) < 4.78 is 0. The zero-order valence-electron chi connectivity index (χ0n) is 12.1. The van der Waals surface area contributed by atoms with Crippen LogP contribution in [-0.2, 0) is 4.79 Å². The van der Waals surface area contributed by atoms with Gasteiger partial charge in [0.2, 0.25) is 5.91 Å². The van der Waals surface area contributed by atoms with Gasteiger partial charge in [-0.3, -0.25) is 4.79 Å². The van der Waals surface area contributed by atoms with Crippen LogP contribution in [0.1, 0.15) is 38.7 Å². The van der Waals surface area contributed by atoms with E-state index in [0.29, 0.717) is 0 Å². The molecule has 1 aromatic rings. The third kappa shape index (κ3) is 3.35. The largest absolute Gasteiger partial charge is 0.352 e. The molecule has 1 aliphatic heterocycles. The maximum absolute atomic E-state index is 12.4. The van der Waals surface area contributed by atoms with E-state index in [1.54, 1.807) is 0 Å². The molecule has 1 saturated heterocycles. The Morgan fingerprint density at radius 1 is 1.37 bits per heavy atom. The summed E-state index contributed by atoms with van der Waals surface area (Å²) >= 11 is 0. The lowest BCUT2D eigenvalue weighted by Gasteiger charge is -2.39. The first-order valence-electron chi connectivity index (χ1n) is 7.07. The zero-order chi connectivity index (χ0) is 13.9. The van der Waals surface area contributed by atoms with E-state index in [1.165, 1.54) is 0 Å². The second kappa shape index (κ2) is 5.74. The van der Waals surface area contributed by atoms with Gasteiger partial charge in [0, 0.05) is 12.6 Å². The van der Waals surface area contributed by atoms with Crippen LogP contribution in [0.5, 0.6) is 0 Å². The van der Waals surface area contributed by atoms with Gasteiger partial charge in [-0.15, -0.1) is 0 Å². The Labute approximate surface area is 115 Å². The van der Waals surface area contributed by atoms with Crippen LogP contribution in [0.3, 0.4) is 0 Å². The Morgan fingerprint density at radius 3 is 2.68 bits per heavy atom. The lowest BCUT2D eigenvalue weighted by atomic mass is 9.79. The van der Waals surface area contributed by atoms with Crippen molar-refractivity contribution in [3.63, 3.8) is 0 Å². The third-order valence-electron chi connectivity index (χ3n) is 4.14. The molecule has 2 rings (SSSR count). The predicted molar refractivity (Wildman–Crippen MR) is 78.1 cm³/mol. The van der Waals surface area contributed by atoms with Crippen molar-refractivity contribution in [2.45, 2.75) is 39.2 Å². The fourth-order valence-electron chi connectivity index (χ4n) is 2.63. The molecule has 1 heterocycles. The zero-order valence-corrected chi connectivity index (χ0v) is 12.1. The summed E-state index contributed by atoms with van der Waals surface area (Å²) in [6.07, 6.45) is 1.00. The van der Waals surface area contributed by atoms with E-state index >= 15 is 0 Å². The average molecular weight is 260 g/mol. The second-order valence-electron chi connectivity index (χ2n) is 6.15. The smallest absolute Gasteiger partial charge is 0.227 e. The molecule has 1 amide bonds. The summed E-state index contributed by atoms with van der Waals surface area (Å²) in [7, 11) is 0. The van der Waals surface area contributed by atoms with Crippen LogP contribution in [-0.4, -0.2) is 25.0 Å². The molecule has 2 atom stereocenters. The van der Waals surface area contributed by atoms with Crippen molar-refractivity contribution in [1.82, 2.24) is 10.6 Å². The minimum atomic E-state index is -0.0908. The summed E-state index contributed by atoms with van der Waals surface area (Å²) in [5.41, 5.74) is 1.19. The minimum Gasteiger partial charge on any atom is -0.352 e. The molecule has 19 heavy (non-hydrogen) atoms. The number of hydrogen-bond acceptors (Lipinski definition) is 2. The first-order valence-corrected chi connectivity index (χ1v) is 7.07. The van der Waals surface area contributed by atoms with Crippen molar-refractivity contribution in [3.05, 3.63) is 35.9 Å². The molecule has 0 spiro atoms. The highest BCUT2D eigenvalue weighted by Gasteiger charge is 2.34. The molecule has 0 bridgehead atoms. The van der Waals surface area contributed by atoms with E-state index in [0.717, 1.165) is 25.1 Å². The number of hydrogen-bond donors (Lipinski definition) is 2. The molecule has 2 N–H and O–H groups in total. The Bertz CT molecular complexity index is 428. The van der Waals surface area contributed by atoms with Crippen molar-refractivity contribution in [3.8, 4) is 0 Å². The van der Waals surface area contributed by atoms with Crippen LogP contribution >= 0.6 is 0 Å². The van der Waals surface area contributed by atoms with Crippen molar-refractivity contribution in [2.24, 2.45) is 5.41 Å². The first-order chi connectivity index (χ1) is 9.00. The van der Waals surface area contributed by atoms with Gasteiger partial charge in [0.25, 0.3) is 0 Å². The average Bonchev–Trinajstić information content (AvgIpc) is 2.41. The first kappa shape index (κ1) is 14.1. The molecule has 1 fully saturated rings. The molecule has 0 radical (unpaired) electrons. The van der Waals surface area contributed by atoms with E-state index in [4.69, 9.17) is 0 Å². The standard InChI is InChI=1S/C16H24N2O/c1-12(13-7-5-4-6-8-13)15(19)18-14-9-10-17-11-16(14,2)3/h4-8,12,14,17H,9-11H2,1-3H3,(H,18,19). The van der Waals surface area contributed by atoms with Crippen molar-refractivity contribution in [1.29, 1.82) is 0 Å². The fourth-order valence-corrected chi connectivity index (χ4v) is 2.63. The molecule has 3 heteroatoms. The highest BCUT2D eigenvalue weighted by molar-refractivity contribution is 5.83. The van der Waals surface area contributed by atoms with Crippen molar-refractivity contribution >= 4 is 5.91 Å². The SMILES string of the molecule is CC(C(=O)NC1CCNCC1(C)C)c1ccccc1. The molecule has 3 nitrogen and oxygen atoms in total. The number of benzene rings is 1. The van der Waals surface area contributed by atoms with Crippen LogP contribution in [0, 0.1) is 5.41 Å². The van der Waals surface area contributed by atoms with Crippen LogP contribution in [0.15, 0.2) is 30.3 Å². The monoisotopic (exact) mass is 260 g/mol. The summed E-state index contributed by atoms with van der Waals surface area (Å²) in [5.74, 6) is 0.0399. The molecular weight excluding hydrogens is 236 g/mol. The van der Waals surface area contributed by atoms with Gasteiger partial charge >= 0.3 is 0 Å². The lowest BCUT2D eigenvalue weighted by molar-refractivity contribution is -0.124.